The van der Waals surface area contributed by atoms with Crippen LogP contribution in [0.2, 0.25) is 0 Å². The van der Waals surface area contributed by atoms with Crippen LogP contribution in [0, 0.1) is 29.6 Å². The molecule has 6 heteroatoms. The van der Waals surface area contributed by atoms with Gasteiger partial charge in [0, 0.05) is 12.3 Å². The van der Waals surface area contributed by atoms with Crippen molar-refractivity contribution in [2.45, 2.75) is 103 Å². The molecule has 0 aromatic heterocycles. The zero-order valence-electron chi connectivity index (χ0n) is 20.3. The average Bonchev–Trinajstić information content (AvgIpc) is 2.72. The number of hydrogen-bond donors (Lipinski definition) is 4. The number of rotatable bonds is 6. The Kier molecular flexibility index (Phi) is 8.12. The van der Waals surface area contributed by atoms with Crippen LogP contribution < -0.4 is 5.32 Å². The summed E-state index contributed by atoms with van der Waals surface area (Å²) in [6.45, 7) is 10.6. The van der Waals surface area contributed by atoms with E-state index < -0.39 is 30.0 Å². The summed E-state index contributed by atoms with van der Waals surface area (Å²) in [6.07, 6.45) is 5.01. The summed E-state index contributed by atoms with van der Waals surface area (Å²) >= 11 is 0. The highest BCUT2D eigenvalue weighted by Gasteiger charge is 2.51. The summed E-state index contributed by atoms with van der Waals surface area (Å²) in [6, 6.07) is -0.458. The molecule has 3 aliphatic rings. The molecule has 0 radical (unpaired) electrons. The molecule has 31 heavy (non-hydrogen) atoms. The Balaban J connectivity index is 1.79. The molecule has 11 unspecified atom stereocenters. The fraction of sp³-hybridized carbons (Fsp3) is 0.920. The second-order valence-electron chi connectivity index (χ2n) is 10.6. The van der Waals surface area contributed by atoms with E-state index in [1.165, 1.54) is 0 Å². The Morgan fingerprint density at radius 3 is 2.48 bits per heavy atom. The van der Waals surface area contributed by atoms with Crippen molar-refractivity contribution in [2.24, 2.45) is 29.6 Å². The van der Waals surface area contributed by atoms with Gasteiger partial charge in [0.2, 0.25) is 0 Å². The van der Waals surface area contributed by atoms with Crippen molar-refractivity contribution >= 4 is 0 Å². The SMILES string of the molecule is CCC1=CCC(C)C(C2C(C)CC(CC)C(CC3OCC(C)(O)C(NC)C3O)C2O)O1. The number of likely N-dealkylation sites (N-methyl/N-ethyl adjacent to an activating group) is 1. The minimum atomic E-state index is -1.12. The first kappa shape index (κ1) is 25.0. The van der Waals surface area contributed by atoms with E-state index in [-0.39, 0.29) is 24.5 Å². The number of ether oxygens (including phenoxy) is 2. The largest absolute Gasteiger partial charge is 0.494 e. The highest BCUT2D eigenvalue weighted by Crippen LogP contribution is 2.47. The Labute approximate surface area is 188 Å². The molecule has 1 saturated heterocycles. The van der Waals surface area contributed by atoms with Crippen LogP contribution in [0.3, 0.4) is 0 Å². The van der Waals surface area contributed by atoms with Gasteiger partial charge in [-0.1, -0.05) is 34.1 Å². The van der Waals surface area contributed by atoms with Crippen molar-refractivity contribution in [2.75, 3.05) is 13.7 Å². The van der Waals surface area contributed by atoms with Crippen LogP contribution in [0.4, 0.5) is 0 Å². The Hall–Kier alpha value is -0.660. The van der Waals surface area contributed by atoms with Gasteiger partial charge in [-0.25, -0.2) is 0 Å². The molecule has 0 spiro atoms. The Morgan fingerprint density at radius 1 is 1.16 bits per heavy atom. The lowest BCUT2D eigenvalue weighted by atomic mass is 9.61. The van der Waals surface area contributed by atoms with Gasteiger partial charge in [-0.15, -0.1) is 0 Å². The van der Waals surface area contributed by atoms with E-state index in [2.05, 4.69) is 39.1 Å². The third kappa shape index (κ3) is 4.98. The number of aliphatic hydroxyl groups excluding tert-OH is 2. The molecule has 180 valence electrons. The molecular formula is C25H45NO5. The lowest BCUT2D eigenvalue weighted by Crippen LogP contribution is -2.65. The van der Waals surface area contributed by atoms with Gasteiger partial charge in [-0.3, -0.25) is 0 Å². The molecule has 0 aromatic carbocycles. The fourth-order valence-corrected chi connectivity index (χ4v) is 6.51. The Morgan fingerprint density at radius 2 is 1.87 bits per heavy atom. The molecule has 4 N–H and O–H groups in total. The molecule has 2 fully saturated rings. The first-order valence-electron chi connectivity index (χ1n) is 12.4. The summed E-state index contributed by atoms with van der Waals surface area (Å²) in [5, 5.41) is 36.3. The summed E-state index contributed by atoms with van der Waals surface area (Å²) < 4.78 is 12.3. The third-order valence-corrected chi connectivity index (χ3v) is 8.39. The van der Waals surface area contributed by atoms with Crippen molar-refractivity contribution in [3.05, 3.63) is 11.8 Å². The molecular weight excluding hydrogens is 394 g/mol. The van der Waals surface area contributed by atoms with E-state index in [0.717, 1.165) is 31.4 Å². The highest BCUT2D eigenvalue weighted by molar-refractivity contribution is 5.05. The van der Waals surface area contributed by atoms with Gasteiger partial charge in [0.15, 0.2) is 0 Å². The van der Waals surface area contributed by atoms with E-state index >= 15 is 0 Å². The summed E-state index contributed by atoms with van der Waals surface area (Å²) in [5.74, 6) is 2.29. The molecule has 6 nitrogen and oxygen atoms in total. The van der Waals surface area contributed by atoms with E-state index in [1.807, 2.05) is 0 Å². The lowest BCUT2D eigenvalue weighted by molar-refractivity contribution is -0.196. The maximum atomic E-state index is 11.7. The smallest absolute Gasteiger partial charge is 0.107 e. The van der Waals surface area contributed by atoms with Crippen LogP contribution in [0.1, 0.15) is 66.7 Å². The van der Waals surface area contributed by atoms with Gasteiger partial charge < -0.3 is 30.1 Å². The number of aliphatic hydroxyl groups is 3. The van der Waals surface area contributed by atoms with Gasteiger partial charge in [-0.2, -0.15) is 0 Å². The van der Waals surface area contributed by atoms with E-state index in [1.54, 1.807) is 14.0 Å². The Bertz CT molecular complexity index is 623. The quantitative estimate of drug-likeness (QED) is 0.509. The van der Waals surface area contributed by atoms with Crippen LogP contribution in [0.5, 0.6) is 0 Å². The second kappa shape index (κ2) is 10.1. The maximum absolute atomic E-state index is 11.7. The molecule has 1 aliphatic carbocycles. The highest BCUT2D eigenvalue weighted by atomic mass is 16.5. The first-order valence-corrected chi connectivity index (χ1v) is 12.4. The monoisotopic (exact) mass is 439 g/mol. The van der Waals surface area contributed by atoms with Crippen molar-refractivity contribution < 1.29 is 24.8 Å². The topological polar surface area (TPSA) is 91.2 Å². The molecule has 2 aliphatic heterocycles. The van der Waals surface area contributed by atoms with Crippen molar-refractivity contribution in [3.8, 4) is 0 Å². The van der Waals surface area contributed by atoms with Crippen LogP contribution in [0.15, 0.2) is 11.8 Å². The molecule has 3 rings (SSSR count). The van der Waals surface area contributed by atoms with Crippen LogP contribution >= 0.6 is 0 Å². The number of allylic oxidation sites excluding steroid dienone is 2. The normalized spacial score (nSPS) is 48.7. The van der Waals surface area contributed by atoms with E-state index in [9.17, 15) is 15.3 Å². The zero-order valence-corrected chi connectivity index (χ0v) is 20.3. The average molecular weight is 440 g/mol. The van der Waals surface area contributed by atoms with Crippen molar-refractivity contribution in [1.29, 1.82) is 0 Å². The third-order valence-electron chi connectivity index (χ3n) is 8.39. The number of hydrogen-bond acceptors (Lipinski definition) is 6. The number of nitrogens with one attached hydrogen (secondary N) is 1. The van der Waals surface area contributed by atoms with Gasteiger partial charge in [0.05, 0.1) is 36.7 Å². The van der Waals surface area contributed by atoms with Gasteiger partial charge in [0.1, 0.15) is 11.7 Å². The summed E-state index contributed by atoms with van der Waals surface area (Å²) in [7, 11) is 1.76. The lowest BCUT2D eigenvalue weighted by Gasteiger charge is -2.51. The van der Waals surface area contributed by atoms with Crippen LogP contribution in [-0.4, -0.2) is 65.0 Å². The standard InChI is InChI=1S/C25H45NO5/c1-7-16-11-15(4)20(23-14(3)9-10-17(8-2)31-23)21(27)18(16)12-19-22(28)24(26-6)25(5,29)13-30-19/h10,14-16,18-24,26-29H,7-9,11-13H2,1-6H3. The van der Waals surface area contributed by atoms with E-state index in [0.29, 0.717) is 24.2 Å². The van der Waals surface area contributed by atoms with Crippen molar-refractivity contribution in [1.82, 2.24) is 5.32 Å². The minimum Gasteiger partial charge on any atom is -0.494 e. The van der Waals surface area contributed by atoms with Crippen molar-refractivity contribution in [3.63, 3.8) is 0 Å². The van der Waals surface area contributed by atoms with Crippen LogP contribution in [0.25, 0.3) is 0 Å². The zero-order chi connectivity index (χ0) is 22.9. The van der Waals surface area contributed by atoms with E-state index in [4.69, 9.17) is 9.47 Å². The predicted octanol–water partition coefficient (Wildman–Crippen LogP) is 2.85. The minimum absolute atomic E-state index is 0.0215. The molecule has 1 saturated carbocycles. The predicted molar refractivity (Wildman–Crippen MR) is 121 cm³/mol. The summed E-state index contributed by atoms with van der Waals surface area (Å²) in [4.78, 5) is 0. The molecule has 2 heterocycles. The molecule has 11 atom stereocenters. The van der Waals surface area contributed by atoms with Gasteiger partial charge >= 0.3 is 0 Å². The van der Waals surface area contributed by atoms with Crippen LogP contribution in [-0.2, 0) is 9.47 Å². The maximum Gasteiger partial charge on any atom is 0.107 e. The first-order chi connectivity index (χ1) is 14.6. The summed E-state index contributed by atoms with van der Waals surface area (Å²) in [5.41, 5.74) is -1.12. The second-order valence-corrected chi connectivity index (χ2v) is 10.6. The molecule has 0 amide bonds. The van der Waals surface area contributed by atoms with Gasteiger partial charge in [0.25, 0.3) is 0 Å². The fourth-order valence-electron chi connectivity index (χ4n) is 6.51. The molecule has 0 aromatic rings. The molecule has 0 bridgehead atoms. The van der Waals surface area contributed by atoms with Gasteiger partial charge in [-0.05, 0) is 63.0 Å².